The zero-order valence-corrected chi connectivity index (χ0v) is 26.8. The summed E-state index contributed by atoms with van der Waals surface area (Å²) in [6.07, 6.45) is 6.12. The third-order valence-electron chi connectivity index (χ3n) is 7.06. The van der Waals surface area contributed by atoms with Crippen LogP contribution in [0, 0.1) is 6.92 Å². The lowest BCUT2D eigenvalue weighted by Gasteiger charge is -2.27. The average molecular weight is 598 g/mol. The van der Waals surface area contributed by atoms with Crippen molar-refractivity contribution in [3.8, 4) is 11.5 Å². The standard InChI is InChI=1S/C37H47N3O4/c1-7-12-29(21-27(2)3)26-44-36-32(16-11-17-34(36)39(5)6)24-40(20-19-33(38)37(41)42)23-31-15-8-9-18-35(31)43-25-30-14-10-13-28(4)22-30/h7-18,21-22,33H,1,19-20,23-26,38H2,2-6H3,(H,41,42)/b29-12+/t33-/m0/s1. The molecule has 0 aromatic heterocycles. The minimum Gasteiger partial charge on any atom is -0.489 e. The second-order valence-electron chi connectivity index (χ2n) is 11.5. The van der Waals surface area contributed by atoms with E-state index in [0.29, 0.717) is 39.3 Å². The van der Waals surface area contributed by atoms with Crippen molar-refractivity contribution < 1.29 is 19.4 Å². The summed E-state index contributed by atoms with van der Waals surface area (Å²) >= 11 is 0. The zero-order valence-electron chi connectivity index (χ0n) is 26.8. The molecule has 0 aliphatic carbocycles. The molecule has 0 amide bonds. The van der Waals surface area contributed by atoms with Gasteiger partial charge in [0, 0.05) is 44.9 Å². The topological polar surface area (TPSA) is 88.3 Å². The molecule has 3 aromatic rings. The molecule has 0 radical (unpaired) electrons. The van der Waals surface area contributed by atoms with E-state index in [0.717, 1.165) is 39.4 Å². The molecule has 0 bridgehead atoms. The van der Waals surface area contributed by atoms with Crippen LogP contribution in [0.1, 0.15) is 42.5 Å². The van der Waals surface area contributed by atoms with Crippen LogP contribution in [0.25, 0.3) is 0 Å². The molecule has 3 aromatic carbocycles. The summed E-state index contributed by atoms with van der Waals surface area (Å²) in [4.78, 5) is 15.8. The fourth-order valence-corrected chi connectivity index (χ4v) is 4.91. The molecule has 234 valence electrons. The Morgan fingerprint density at radius 1 is 1.00 bits per heavy atom. The van der Waals surface area contributed by atoms with Crippen LogP contribution >= 0.6 is 0 Å². The molecule has 0 aliphatic rings. The highest BCUT2D eigenvalue weighted by molar-refractivity contribution is 5.73. The van der Waals surface area contributed by atoms with Crippen molar-refractivity contribution in [3.05, 3.63) is 125 Å². The number of aryl methyl sites for hydroxylation is 1. The smallest absolute Gasteiger partial charge is 0.320 e. The summed E-state index contributed by atoms with van der Waals surface area (Å²) in [5.74, 6) is 0.568. The number of aliphatic carboxylic acids is 1. The molecule has 0 spiro atoms. The number of carbonyl (C=O) groups is 1. The zero-order chi connectivity index (χ0) is 32.1. The van der Waals surface area contributed by atoms with Crippen LogP contribution in [0.5, 0.6) is 11.5 Å². The highest BCUT2D eigenvalue weighted by atomic mass is 16.5. The van der Waals surface area contributed by atoms with E-state index < -0.39 is 12.0 Å². The predicted octanol–water partition coefficient (Wildman–Crippen LogP) is 6.90. The van der Waals surface area contributed by atoms with Crippen LogP contribution in [0.3, 0.4) is 0 Å². The third-order valence-corrected chi connectivity index (χ3v) is 7.06. The second kappa shape index (κ2) is 17.1. The van der Waals surface area contributed by atoms with Crippen LogP contribution < -0.4 is 20.1 Å². The summed E-state index contributed by atoms with van der Waals surface area (Å²) in [5, 5.41) is 9.48. The van der Waals surface area contributed by atoms with Gasteiger partial charge in [0.15, 0.2) is 0 Å². The number of carboxylic acid groups (broad SMARTS) is 1. The summed E-state index contributed by atoms with van der Waals surface area (Å²) in [6, 6.07) is 21.4. The van der Waals surface area contributed by atoms with Crippen LogP contribution in [0.2, 0.25) is 0 Å². The van der Waals surface area contributed by atoms with E-state index in [2.05, 4.69) is 68.7 Å². The van der Waals surface area contributed by atoms with Crippen LogP contribution in [0.4, 0.5) is 5.69 Å². The fraction of sp³-hybridized carbons (Fsp3) is 0.324. The lowest BCUT2D eigenvalue weighted by atomic mass is 10.1. The van der Waals surface area contributed by atoms with E-state index in [4.69, 9.17) is 15.2 Å². The van der Waals surface area contributed by atoms with Crippen LogP contribution in [-0.2, 0) is 24.5 Å². The van der Waals surface area contributed by atoms with E-state index in [1.165, 1.54) is 11.1 Å². The maximum absolute atomic E-state index is 11.6. The van der Waals surface area contributed by atoms with Crippen molar-refractivity contribution in [2.75, 3.05) is 32.1 Å². The SMILES string of the molecule is C=C/C=C(\C=C(C)C)COc1c(CN(CC[C@H](N)C(=O)O)Cc2ccccc2OCc2cccc(C)c2)cccc1N(C)C. The lowest BCUT2D eigenvalue weighted by Crippen LogP contribution is -2.35. The second-order valence-corrected chi connectivity index (χ2v) is 11.5. The van der Waals surface area contributed by atoms with Gasteiger partial charge in [0.05, 0.1) is 5.69 Å². The highest BCUT2D eigenvalue weighted by Gasteiger charge is 2.19. The summed E-state index contributed by atoms with van der Waals surface area (Å²) in [7, 11) is 3.99. The van der Waals surface area contributed by atoms with Crippen molar-refractivity contribution >= 4 is 11.7 Å². The minimum atomic E-state index is -1.01. The van der Waals surface area contributed by atoms with E-state index in [9.17, 15) is 9.90 Å². The number of nitrogens with zero attached hydrogens (tertiary/aromatic N) is 2. The Bertz CT molecular complexity index is 1460. The summed E-state index contributed by atoms with van der Waals surface area (Å²) < 4.78 is 12.8. The van der Waals surface area contributed by atoms with Gasteiger partial charge in [0.1, 0.15) is 30.8 Å². The van der Waals surface area contributed by atoms with Gasteiger partial charge in [0.25, 0.3) is 0 Å². The lowest BCUT2D eigenvalue weighted by molar-refractivity contribution is -0.138. The first kappa shape index (κ1) is 34.2. The number of carboxylic acids is 1. The van der Waals surface area contributed by atoms with Gasteiger partial charge in [-0.25, -0.2) is 0 Å². The monoisotopic (exact) mass is 597 g/mol. The Balaban J connectivity index is 1.92. The number of ether oxygens (including phenoxy) is 2. The predicted molar refractivity (Wildman–Crippen MR) is 180 cm³/mol. The van der Waals surface area contributed by atoms with Gasteiger partial charge < -0.3 is 25.2 Å². The molecule has 0 heterocycles. The average Bonchev–Trinajstić information content (AvgIpc) is 2.98. The van der Waals surface area contributed by atoms with Gasteiger partial charge in [0.2, 0.25) is 0 Å². The quantitative estimate of drug-likeness (QED) is 0.164. The number of benzene rings is 3. The number of hydrogen-bond donors (Lipinski definition) is 2. The van der Waals surface area contributed by atoms with Crippen LogP contribution in [-0.4, -0.2) is 49.3 Å². The van der Waals surface area contributed by atoms with Gasteiger partial charge in [-0.15, -0.1) is 0 Å². The number of hydrogen-bond acceptors (Lipinski definition) is 6. The van der Waals surface area contributed by atoms with Crippen LogP contribution in [0.15, 0.2) is 103 Å². The molecule has 7 heteroatoms. The Kier molecular flexibility index (Phi) is 13.3. The first-order chi connectivity index (χ1) is 21.1. The van der Waals surface area contributed by atoms with Crippen molar-refractivity contribution in [1.82, 2.24) is 4.90 Å². The molecule has 7 nitrogen and oxygen atoms in total. The largest absolute Gasteiger partial charge is 0.489 e. The molecule has 0 aliphatic heterocycles. The van der Waals surface area contributed by atoms with E-state index >= 15 is 0 Å². The van der Waals surface area contributed by atoms with Crippen molar-refractivity contribution in [2.24, 2.45) is 5.73 Å². The molecule has 0 saturated heterocycles. The Morgan fingerprint density at radius 2 is 1.70 bits per heavy atom. The molecule has 0 fully saturated rings. The maximum atomic E-state index is 11.6. The number of nitrogens with two attached hydrogens (primary N) is 1. The van der Waals surface area contributed by atoms with E-state index in [1.807, 2.05) is 61.5 Å². The van der Waals surface area contributed by atoms with E-state index in [-0.39, 0.29) is 0 Å². The molecular formula is C37H47N3O4. The molecule has 3 N–H and O–H groups in total. The van der Waals surface area contributed by atoms with Gasteiger partial charge in [-0.1, -0.05) is 90.5 Å². The fourth-order valence-electron chi connectivity index (χ4n) is 4.91. The van der Waals surface area contributed by atoms with Crippen molar-refractivity contribution in [2.45, 2.75) is 52.9 Å². The number of anilines is 1. The van der Waals surface area contributed by atoms with Gasteiger partial charge >= 0.3 is 5.97 Å². The first-order valence-electron chi connectivity index (χ1n) is 14.9. The van der Waals surface area contributed by atoms with Crippen molar-refractivity contribution in [1.29, 1.82) is 0 Å². The Morgan fingerprint density at radius 3 is 2.39 bits per heavy atom. The molecule has 0 unspecified atom stereocenters. The third kappa shape index (κ3) is 10.7. The Labute approximate surface area is 262 Å². The van der Waals surface area contributed by atoms with E-state index in [1.54, 1.807) is 6.08 Å². The minimum absolute atomic E-state index is 0.304. The molecular weight excluding hydrogens is 550 g/mol. The number of para-hydroxylation sites is 2. The number of rotatable bonds is 17. The molecule has 1 atom stereocenters. The molecule has 44 heavy (non-hydrogen) atoms. The normalized spacial score (nSPS) is 12.0. The highest BCUT2D eigenvalue weighted by Crippen LogP contribution is 2.33. The first-order valence-corrected chi connectivity index (χ1v) is 14.9. The number of allylic oxidation sites excluding steroid dienone is 3. The van der Waals surface area contributed by atoms with Crippen molar-refractivity contribution in [3.63, 3.8) is 0 Å². The maximum Gasteiger partial charge on any atom is 0.320 e. The molecule has 0 saturated carbocycles. The van der Waals surface area contributed by atoms with Gasteiger partial charge in [-0.3, -0.25) is 9.69 Å². The summed E-state index contributed by atoms with van der Waals surface area (Å²) in [6.45, 7) is 12.4. The van der Waals surface area contributed by atoms with Gasteiger partial charge in [-0.05, 0) is 50.5 Å². The molecule has 3 rings (SSSR count). The summed E-state index contributed by atoms with van der Waals surface area (Å²) in [5.41, 5.74) is 13.4. The Hall–Kier alpha value is -4.33. The van der Waals surface area contributed by atoms with Gasteiger partial charge in [-0.2, -0.15) is 0 Å².